The highest BCUT2D eigenvalue weighted by Crippen LogP contribution is 2.31. The van der Waals surface area contributed by atoms with Crippen molar-refractivity contribution in [1.82, 2.24) is 4.98 Å². The van der Waals surface area contributed by atoms with E-state index in [1.807, 2.05) is 11.6 Å². The average Bonchev–Trinajstić information content (AvgIpc) is 2.98. The van der Waals surface area contributed by atoms with Gasteiger partial charge in [0.15, 0.2) is 0 Å². The van der Waals surface area contributed by atoms with Gasteiger partial charge in [0.05, 0.1) is 27.2 Å². The Morgan fingerprint density at radius 1 is 1.56 bits per heavy atom. The van der Waals surface area contributed by atoms with Gasteiger partial charge in [0, 0.05) is 13.2 Å². The second-order valence-electron chi connectivity index (χ2n) is 4.98. The molecule has 2 heterocycles. The van der Waals surface area contributed by atoms with Crippen LogP contribution < -0.4 is 11.1 Å². The summed E-state index contributed by atoms with van der Waals surface area (Å²) < 4.78 is 6.88. The minimum Gasteiger partial charge on any atom is -0.395 e. The van der Waals surface area contributed by atoms with Crippen LogP contribution in [0.25, 0.3) is 10.2 Å². The Labute approximate surface area is 110 Å². The number of hydrogen-bond acceptors (Lipinski definition) is 5. The van der Waals surface area contributed by atoms with E-state index in [4.69, 9.17) is 10.5 Å². The molecule has 3 rings (SSSR count). The standard InChI is InChI=1S/C13H17N3OS/c1-13(5-2-6-17-13)7-15-9-3-4-10-12(11(9)14)16-8-18-10/h3-4,8,15H,2,5-7,14H2,1H3. The lowest BCUT2D eigenvalue weighted by atomic mass is 10.0. The molecule has 1 atom stereocenters. The van der Waals surface area contributed by atoms with E-state index in [1.165, 1.54) is 0 Å². The van der Waals surface area contributed by atoms with Gasteiger partial charge in [0.25, 0.3) is 0 Å². The van der Waals surface area contributed by atoms with Crippen LogP contribution >= 0.6 is 11.3 Å². The van der Waals surface area contributed by atoms with Crippen LogP contribution in [0.1, 0.15) is 19.8 Å². The summed E-state index contributed by atoms with van der Waals surface area (Å²) in [6, 6.07) is 4.08. The van der Waals surface area contributed by atoms with E-state index in [0.717, 1.165) is 47.6 Å². The summed E-state index contributed by atoms with van der Waals surface area (Å²) in [6.45, 7) is 3.79. The number of benzene rings is 1. The van der Waals surface area contributed by atoms with Gasteiger partial charge < -0.3 is 15.8 Å². The van der Waals surface area contributed by atoms with E-state index in [-0.39, 0.29) is 5.60 Å². The number of fused-ring (bicyclic) bond motifs is 1. The van der Waals surface area contributed by atoms with Crippen LogP contribution in [0.3, 0.4) is 0 Å². The SMILES string of the molecule is CC1(CNc2ccc3scnc3c2N)CCCO1. The van der Waals surface area contributed by atoms with Gasteiger partial charge in [0.1, 0.15) is 5.52 Å². The number of thiazole rings is 1. The number of nitrogens with two attached hydrogens (primary N) is 1. The van der Waals surface area contributed by atoms with Crippen molar-refractivity contribution in [3.63, 3.8) is 0 Å². The van der Waals surface area contributed by atoms with Crippen molar-refractivity contribution >= 4 is 32.9 Å². The third kappa shape index (κ3) is 2.04. The predicted octanol–water partition coefficient (Wildman–Crippen LogP) is 2.86. The van der Waals surface area contributed by atoms with Gasteiger partial charge in [-0.25, -0.2) is 4.98 Å². The molecule has 1 unspecified atom stereocenters. The molecule has 1 fully saturated rings. The van der Waals surface area contributed by atoms with Crippen molar-refractivity contribution in [1.29, 1.82) is 0 Å². The van der Waals surface area contributed by atoms with Crippen molar-refractivity contribution in [2.24, 2.45) is 0 Å². The number of ether oxygens (including phenoxy) is 1. The third-order valence-corrected chi connectivity index (χ3v) is 4.29. The minimum absolute atomic E-state index is 0.0660. The Balaban J connectivity index is 1.80. The topological polar surface area (TPSA) is 60.2 Å². The van der Waals surface area contributed by atoms with Crippen LogP contribution in [0, 0.1) is 0 Å². The second-order valence-corrected chi connectivity index (χ2v) is 5.87. The second kappa shape index (κ2) is 4.40. The van der Waals surface area contributed by atoms with Gasteiger partial charge in [-0.05, 0) is 31.9 Å². The zero-order valence-electron chi connectivity index (χ0n) is 10.4. The number of nitrogens with one attached hydrogen (secondary N) is 1. The highest BCUT2D eigenvalue weighted by Gasteiger charge is 2.29. The molecule has 0 amide bonds. The lowest BCUT2D eigenvalue weighted by Gasteiger charge is -2.24. The molecule has 18 heavy (non-hydrogen) atoms. The van der Waals surface area contributed by atoms with Crippen molar-refractivity contribution < 1.29 is 4.74 Å². The molecule has 0 saturated carbocycles. The molecule has 1 aromatic carbocycles. The van der Waals surface area contributed by atoms with Gasteiger partial charge >= 0.3 is 0 Å². The number of nitrogen functional groups attached to an aromatic ring is 1. The van der Waals surface area contributed by atoms with E-state index in [1.54, 1.807) is 11.3 Å². The number of nitrogens with zero attached hydrogens (tertiary/aromatic N) is 1. The summed E-state index contributed by atoms with van der Waals surface area (Å²) in [5, 5.41) is 3.39. The summed E-state index contributed by atoms with van der Waals surface area (Å²) >= 11 is 1.61. The Morgan fingerprint density at radius 2 is 2.44 bits per heavy atom. The molecule has 1 aliphatic rings. The first-order valence-electron chi connectivity index (χ1n) is 6.17. The first-order chi connectivity index (χ1) is 8.68. The molecule has 0 aliphatic carbocycles. The largest absolute Gasteiger partial charge is 0.395 e. The van der Waals surface area contributed by atoms with E-state index < -0.39 is 0 Å². The summed E-state index contributed by atoms with van der Waals surface area (Å²) in [5.41, 5.74) is 10.5. The lowest BCUT2D eigenvalue weighted by molar-refractivity contribution is 0.0315. The molecule has 3 N–H and O–H groups in total. The number of hydrogen-bond donors (Lipinski definition) is 2. The third-order valence-electron chi connectivity index (χ3n) is 3.49. The Kier molecular flexibility index (Phi) is 2.87. The first-order valence-corrected chi connectivity index (χ1v) is 7.05. The van der Waals surface area contributed by atoms with Crippen LogP contribution in [-0.2, 0) is 4.74 Å². The lowest BCUT2D eigenvalue weighted by Crippen LogP contribution is -2.32. The fraction of sp³-hybridized carbons (Fsp3) is 0.462. The molecule has 0 radical (unpaired) electrons. The van der Waals surface area contributed by atoms with E-state index in [2.05, 4.69) is 23.3 Å². The van der Waals surface area contributed by atoms with Crippen molar-refractivity contribution in [2.45, 2.75) is 25.4 Å². The summed E-state index contributed by atoms with van der Waals surface area (Å²) in [6.07, 6.45) is 2.23. The van der Waals surface area contributed by atoms with Crippen LogP contribution in [0.2, 0.25) is 0 Å². The molecule has 0 bridgehead atoms. The highest BCUT2D eigenvalue weighted by atomic mass is 32.1. The molecular formula is C13H17N3OS. The molecule has 1 aliphatic heterocycles. The number of rotatable bonds is 3. The maximum atomic E-state index is 6.13. The van der Waals surface area contributed by atoms with Gasteiger partial charge in [-0.15, -0.1) is 11.3 Å². The predicted molar refractivity (Wildman–Crippen MR) is 76.1 cm³/mol. The van der Waals surface area contributed by atoms with Gasteiger partial charge in [-0.2, -0.15) is 0 Å². The average molecular weight is 263 g/mol. The van der Waals surface area contributed by atoms with Crippen molar-refractivity contribution in [3.8, 4) is 0 Å². The maximum Gasteiger partial charge on any atom is 0.106 e. The van der Waals surface area contributed by atoms with Gasteiger partial charge in [0.2, 0.25) is 0 Å². The summed E-state index contributed by atoms with van der Waals surface area (Å²) in [7, 11) is 0. The van der Waals surface area contributed by atoms with Crippen LogP contribution in [0.5, 0.6) is 0 Å². The van der Waals surface area contributed by atoms with Gasteiger partial charge in [-0.3, -0.25) is 0 Å². The molecule has 4 nitrogen and oxygen atoms in total. The summed E-state index contributed by atoms with van der Waals surface area (Å²) in [4.78, 5) is 4.30. The summed E-state index contributed by atoms with van der Waals surface area (Å²) in [5.74, 6) is 0. The Morgan fingerprint density at radius 3 is 3.22 bits per heavy atom. The fourth-order valence-electron chi connectivity index (χ4n) is 2.36. The first kappa shape index (κ1) is 11.7. The zero-order chi connectivity index (χ0) is 12.6. The molecular weight excluding hydrogens is 246 g/mol. The molecule has 1 saturated heterocycles. The maximum absolute atomic E-state index is 6.13. The van der Waals surface area contributed by atoms with Crippen LogP contribution in [-0.4, -0.2) is 23.7 Å². The monoisotopic (exact) mass is 263 g/mol. The van der Waals surface area contributed by atoms with E-state index in [0.29, 0.717) is 0 Å². The molecule has 5 heteroatoms. The van der Waals surface area contributed by atoms with E-state index in [9.17, 15) is 0 Å². The molecule has 1 aromatic heterocycles. The number of anilines is 2. The molecule has 96 valence electrons. The zero-order valence-corrected chi connectivity index (χ0v) is 11.2. The van der Waals surface area contributed by atoms with Crippen molar-refractivity contribution in [3.05, 3.63) is 17.6 Å². The Bertz CT molecular complexity index is 560. The smallest absolute Gasteiger partial charge is 0.106 e. The minimum atomic E-state index is -0.0660. The van der Waals surface area contributed by atoms with E-state index >= 15 is 0 Å². The van der Waals surface area contributed by atoms with Crippen molar-refractivity contribution in [2.75, 3.05) is 24.2 Å². The quantitative estimate of drug-likeness (QED) is 0.836. The fourth-order valence-corrected chi connectivity index (χ4v) is 3.06. The highest BCUT2D eigenvalue weighted by molar-refractivity contribution is 7.16. The van der Waals surface area contributed by atoms with Crippen LogP contribution in [0.4, 0.5) is 11.4 Å². The van der Waals surface area contributed by atoms with Gasteiger partial charge in [-0.1, -0.05) is 0 Å². The molecule has 0 spiro atoms. The Hall–Kier alpha value is -1.33. The number of aromatic nitrogens is 1. The molecule has 2 aromatic rings. The normalized spacial score (nSPS) is 23.6. The van der Waals surface area contributed by atoms with Crippen LogP contribution in [0.15, 0.2) is 17.6 Å².